The molecule has 0 saturated heterocycles. The molecule has 17 heavy (non-hydrogen) atoms. The molecule has 84 valence electrons. The van der Waals surface area contributed by atoms with Gasteiger partial charge < -0.3 is 4.57 Å². The maximum Gasteiger partial charge on any atom is 0.190 e. The van der Waals surface area contributed by atoms with E-state index in [0.717, 1.165) is 18.5 Å². The minimum absolute atomic E-state index is 0.0206. The summed E-state index contributed by atoms with van der Waals surface area (Å²) in [6, 6.07) is 4.70. The molecule has 0 saturated carbocycles. The van der Waals surface area contributed by atoms with E-state index in [1.54, 1.807) is 18.5 Å². The lowest BCUT2D eigenvalue weighted by Crippen LogP contribution is -2.06. The smallest absolute Gasteiger partial charge is 0.190 e. The molecule has 0 bridgehead atoms. The molecule has 2 heterocycles. The normalized spacial score (nSPS) is 17.8. The van der Waals surface area contributed by atoms with Crippen LogP contribution in [0.15, 0.2) is 30.7 Å². The van der Waals surface area contributed by atoms with E-state index in [1.807, 2.05) is 10.8 Å². The van der Waals surface area contributed by atoms with Crippen LogP contribution < -0.4 is 0 Å². The highest BCUT2D eigenvalue weighted by Crippen LogP contribution is 2.33. The first-order valence-corrected chi connectivity index (χ1v) is 5.47. The molecule has 0 radical (unpaired) electrons. The molecular formula is C13H10FN3. The van der Waals surface area contributed by atoms with Gasteiger partial charge in [0.15, 0.2) is 5.69 Å². The third-order valence-electron chi connectivity index (χ3n) is 3.23. The molecule has 3 rings (SSSR count). The second-order valence-electron chi connectivity index (χ2n) is 4.16. The molecule has 1 atom stereocenters. The average molecular weight is 227 g/mol. The number of aromatic nitrogens is 2. The molecular weight excluding hydrogens is 217 g/mol. The number of nitrogens with zero attached hydrogens (tertiary/aromatic N) is 3. The molecule has 1 aromatic heterocycles. The molecule has 0 fully saturated rings. The van der Waals surface area contributed by atoms with Gasteiger partial charge in [0, 0.05) is 17.5 Å². The fraction of sp³-hybridized carbons (Fsp3) is 0.231. The molecule has 0 unspecified atom stereocenters. The van der Waals surface area contributed by atoms with Gasteiger partial charge in [0.1, 0.15) is 5.82 Å². The molecule has 0 amide bonds. The maximum absolute atomic E-state index is 13.9. The van der Waals surface area contributed by atoms with Gasteiger partial charge in [-0.05, 0) is 18.9 Å². The van der Waals surface area contributed by atoms with Gasteiger partial charge in [-0.3, -0.25) is 0 Å². The minimum atomic E-state index is -0.301. The van der Waals surface area contributed by atoms with Crippen molar-refractivity contribution in [2.45, 2.75) is 18.9 Å². The first-order chi connectivity index (χ1) is 8.29. The lowest BCUT2D eigenvalue weighted by atomic mass is 10.0. The van der Waals surface area contributed by atoms with Gasteiger partial charge in [-0.2, -0.15) is 0 Å². The predicted octanol–water partition coefficient (Wildman–Crippen LogP) is 3.11. The van der Waals surface area contributed by atoms with E-state index in [2.05, 4.69) is 9.83 Å². The Kier molecular flexibility index (Phi) is 2.19. The van der Waals surface area contributed by atoms with E-state index in [-0.39, 0.29) is 11.9 Å². The van der Waals surface area contributed by atoms with E-state index in [4.69, 9.17) is 6.57 Å². The first kappa shape index (κ1) is 10.0. The number of benzene rings is 1. The summed E-state index contributed by atoms with van der Waals surface area (Å²) in [6.07, 6.45) is 5.39. The summed E-state index contributed by atoms with van der Waals surface area (Å²) in [5.41, 5.74) is 2.13. The highest BCUT2D eigenvalue weighted by Gasteiger charge is 2.25. The quantitative estimate of drug-likeness (QED) is 0.686. The zero-order valence-corrected chi connectivity index (χ0v) is 9.10. The van der Waals surface area contributed by atoms with Crippen molar-refractivity contribution in [3.8, 4) is 0 Å². The Morgan fingerprint density at radius 1 is 1.47 bits per heavy atom. The Labute approximate surface area is 98.3 Å². The third-order valence-corrected chi connectivity index (χ3v) is 3.23. The van der Waals surface area contributed by atoms with Crippen LogP contribution in [-0.4, -0.2) is 9.55 Å². The SMILES string of the molecule is [C-]#[N+]c1ccc([C@H]2CCc3cncn32)c(F)c1. The number of halogens is 1. The Balaban J connectivity index is 2.05. The summed E-state index contributed by atoms with van der Waals surface area (Å²) in [4.78, 5) is 7.30. The molecule has 2 aromatic rings. The number of hydrogen-bond acceptors (Lipinski definition) is 1. The van der Waals surface area contributed by atoms with Crippen molar-refractivity contribution < 1.29 is 4.39 Å². The molecule has 1 aliphatic heterocycles. The molecule has 1 aliphatic rings. The molecule has 4 heteroatoms. The molecule has 0 spiro atoms. The lowest BCUT2D eigenvalue weighted by Gasteiger charge is -2.14. The molecule has 0 aliphatic carbocycles. The van der Waals surface area contributed by atoms with Crippen LogP contribution in [-0.2, 0) is 6.42 Å². The van der Waals surface area contributed by atoms with Crippen molar-refractivity contribution >= 4 is 5.69 Å². The predicted molar refractivity (Wildman–Crippen MR) is 61.3 cm³/mol. The summed E-state index contributed by atoms with van der Waals surface area (Å²) < 4.78 is 15.9. The van der Waals surface area contributed by atoms with Crippen LogP contribution in [0.5, 0.6) is 0 Å². The first-order valence-electron chi connectivity index (χ1n) is 5.47. The summed E-state index contributed by atoms with van der Waals surface area (Å²) >= 11 is 0. The van der Waals surface area contributed by atoms with Crippen molar-refractivity contribution in [2.75, 3.05) is 0 Å². The number of imidazole rings is 1. The van der Waals surface area contributed by atoms with Gasteiger partial charge in [0.25, 0.3) is 0 Å². The molecule has 1 aromatic carbocycles. The Morgan fingerprint density at radius 2 is 2.35 bits per heavy atom. The van der Waals surface area contributed by atoms with Crippen molar-refractivity contribution in [1.29, 1.82) is 0 Å². The fourth-order valence-corrected chi connectivity index (χ4v) is 2.39. The van der Waals surface area contributed by atoms with Crippen LogP contribution in [0.25, 0.3) is 4.85 Å². The Bertz CT molecular complexity index is 609. The fourth-order valence-electron chi connectivity index (χ4n) is 2.39. The minimum Gasteiger partial charge on any atom is -0.327 e. The zero-order chi connectivity index (χ0) is 11.8. The standard InChI is InChI=1S/C13H10FN3/c1-15-9-2-4-11(12(14)6-9)13-5-3-10-7-16-8-17(10)13/h2,4,6-8,13H,3,5H2/t13-/m1/s1. The van der Waals surface area contributed by atoms with E-state index in [1.165, 1.54) is 6.07 Å². The van der Waals surface area contributed by atoms with Gasteiger partial charge >= 0.3 is 0 Å². The Morgan fingerprint density at radius 3 is 3.12 bits per heavy atom. The van der Waals surface area contributed by atoms with Gasteiger partial charge in [-0.15, -0.1) is 0 Å². The topological polar surface area (TPSA) is 22.2 Å². The van der Waals surface area contributed by atoms with Gasteiger partial charge in [-0.25, -0.2) is 14.2 Å². The van der Waals surface area contributed by atoms with E-state index in [0.29, 0.717) is 11.3 Å². The second-order valence-corrected chi connectivity index (χ2v) is 4.16. The summed E-state index contributed by atoms with van der Waals surface area (Å²) in [5.74, 6) is -0.301. The van der Waals surface area contributed by atoms with E-state index in [9.17, 15) is 4.39 Å². The van der Waals surface area contributed by atoms with E-state index < -0.39 is 0 Å². The van der Waals surface area contributed by atoms with Gasteiger partial charge in [-0.1, -0.05) is 12.1 Å². The summed E-state index contributed by atoms with van der Waals surface area (Å²) in [6.45, 7) is 6.86. The lowest BCUT2D eigenvalue weighted by molar-refractivity contribution is 0.546. The number of hydrogen-bond donors (Lipinski definition) is 0. The van der Waals surface area contributed by atoms with Crippen molar-refractivity contribution in [1.82, 2.24) is 9.55 Å². The van der Waals surface area contributed by atoms with E-state index >= 15 is 0 Å². The monoisotopic (exact) mass is 227 g/mol. The van der Waals surface area contributed by atoms with Gasteiger partial charge in [0.05, 0.1) is 18.9 Å². The second kappa shape index (κ2) is 3.70. The molecule has 3 nitrogen and oxygen atoms in total. The van der Waals surface area contributed by atoms with Crippen molar-refractivity contribution in [3.05, 3.63) is 59.2 Å². The number of fused-ring (bicyclic) bond motifs is 1. The van der Waals surface area contributed by atoms with Crippen LogP contribution in [0, 0.1) is 12.4 Å². The molecule has 0 N–H and O–H groups in total. The highest BCUT2D eigenvalue weighted by atomic mass is 19.1. The average Bonchev–Trinajstić information content (AvgIpc) is 2.91. The van der Waals surface area contributed by atoms with Crippen LogP contribution in [0.1, 0.15) is 23.7 Å². The summed E-state index contributed by atoms with van der Waals surface area (Å²) in [5, 5.41) is 0. The summed E-state index contributed by atoms with van der Waals surface area (Å²) in [7, 11) is 0. The highest BCUT2D eigenvalue weighted by molar-refractivity contribution is 5.47. The van der Waals surface area contributed by atoms with Crippen LogP contribution in [0.4, 0.5) is 10.1 Å². The maximum atomic E-state index is 13.9. The van der Waals surface area contributed by atoms with Crippen molar-refractivity contribution in [2.24, 2.45) is 0 Å². The largest absolute Gasteiger partial charge is 0.327 e. The van der Waals surface area contributed by atoms with Crippen LogP contribution in [0.3, 0.4) is 0 Å². The van der Waals surface area contributed by atoms with Crippen molar-refractivity contribution in [3.63, 3.8) is 0 Å². The number of rotatable bonds is 1. The Hall–Kier alpha value is -2.15. The van der Waals surface area contributed by atoms with Crippen LogP contribution in [0.2, 0.25) is 0 Å². The third kappa shape index (κ3) is 1.51. The zero-order valence-electron chi connectivity index (χ0n) is 9.10. The number of aryl methyl sites for hydroxylation is 1. The van der Waals surface area contributed by atoms with Crippen LogP contribution >= 0.6 is 0 Å². The van der Waals surface area contributed by atoms with Gasteiger partial charge in [0.2, 0.25) is 0 Å².